The summed E-state index contributed by atoms with van der Waals surface area (Å²) in [6, 6.07) is 13.2. The van der Waals surface area contributed by atoms with Crippen LogP contribution in [0.1, 0.15) is 44.1 Å². The van der Waals surface area contributed by atoms with Crippen molar-refractivity contribution in [3.05, 3.63) is 35.9 Å². The van der Waals surface area contributed by atoms with Gasteiger partial charge >= 0.3 is 0 Å². The van der Waals surface area contributed by atoms with Crippen LogP contribution in [-0.2, 0) is 5.41 Å². The highest BCUT2D eigenvalue weighted by molar-refractivity contribution is 5.36. The molecule has 0 aromatic heterocycles. The van der Waals surface area contributed by atoms with Gasteiger partial charge in [0.25, 0.3) is 0 Å². The third-order valence-electron chi connectivity index (χ3n) is 5.24. The number of hydrogen-bond donors (Lipinski definition) is 2. The summed E-state index contributed by atoms with van der Waals surface area (Å²) in [5.74, 6) is 0.696. The van der Waals surface area contributed by atoms with Crippen LogP contribution in [0.5, 0.6) is 0 Å². The number of aliphatic hydroxyl groups excluding tert-OH is 1. The minimum Gasteiger partial charge on any atom is -0.393 e. The summed E-state index contributed by atoms with van der Waals surface area (Å²) < 4.78 is 0. The second kappa shape index (κ2) is 6.17. The molecule has 2 aliphatic carbocycles. The van der Waals surface area contributed by atoms with Crippen molar-refractivity contribution in [2.45, 2.75) is 56.1 Å². The number of nitriles is 1. The molecule has 2 fully saturated rings. The molecule has 2 N–H and O–H groups in total. The van der Waals surface area contributed by atoms with E-state index in [0.29, 0.717) is 12.0 Å². The Bertz CT molecular complexity index is 494. The molecule has 0 aliphatic heterocycles. The number of aliphatic hydroxyl groups is 1. The molecule has 21 heavy (non-hydrogen) atoms. The van der Waals surface area contributed by atoms with Crippen molar-refractivity contribution in [2.24, 2.45) is 5.92 Å². The van der Waals surface area contributed by atoms with Gasteiger partial charge in [-0.15, -0.1) is 0 Å². The van der Waals surface area contributed by atoms with Crippen LogP contribution >= 0.6 is 0 Å². The third-order valence-corrected chi connectivity index (χ3v) is 5.24. The first-order valence-corrected chi connectivity index (χ1v) is 8.10. The van der Waals surface area contributed by atoms with E-state index in [9.17, 15) is 10.4 Å². The molecule has 1 aromatic carbocycles. The van der Waals surface area contributed by atoms with Gasteiger partial charge in [0, 0.05) is 6.04 Å². The zero-order valence-corrected chi connectivity index (χ0v) is 12.5. The van der Waals surface area contributed by atoms with Gasteiger partial charge in [0.15, 0.2) is 0 Å². The Hall–Kier alpha value is -1.37. The van der Waals surface area contributed by atoms with Crippen LogP contribution in [0.2, 0.25) is 0 Å². The zero-order valence-electron chi connectivity index (χ0n) is 12.5. The van der Waals surface area contributed by atoms with Gasteiger partial charge in [-0.2, -0.15) is 5.26 Å². The van der Waals surface area contributed by atoms with Crippen molar-refractivity contribution in [3.8, 4) is 6.07 Å². The van der Waals surface area contributed by atoms with Crippen molar-refractivity contribution in [1.82, 2.24) is 5.32 Å². The number of hydrogen-bond acceptors (Lipinski definition) is 3. The second-order valence-electron chi connectivity index (χ2n) is 6.75. The Morgan fingerprint density at radius 1 is 1.14 bits per heavy atom. The molecule has 0 radical (unpaired) electrons. The van der Waals surface area contributed by atoms with Gasteiger partial charge in [-0.3, -0.25) is 0 Å². The summed E-state index contributed by atoms with van der Waals surface area (Å²) in [5, 5.41) is 22.7. The molecule has 0 unspecified atom stereocenters. The highest BCUT2D eigenvalue weighted by Crippen LogP contribution is 2.43. The van der Waals surface area contributed by atoms with E-state index in [1.54, 1.807) is 0 Å². The summed E-state index contributed by atoms with van der Waals surface area (Å²) in [7, 11) is 0. The molecule has 0 spiro atoms. The van der Waals surface area contributed by atoms with Gasteiger partial charge in [-0.25, -0.2) is 0 Å². The Balaban J connectivity index is 1.48. The summed E-state index contributed by atoms with van der Waals surface area (Å²) in [6.45, 7) is 1.04. The Morgan fingerprint density at radius 2 is 1.81 bits per heavy atom. The first kappa shape index (κ1) is 14.6. The van der Waals surface area contributed by atoms with Crippen molar-refractivity contribution in [2.75, 3.05) is 6.54 Å². The molecular weight excluding hydrogens is 260 g/mol. The van der Waals surface area contributed by atoms with Crippen LogP contribution in [0.25, 0.3) is 0 Å². The standard InChI is InChI=1S/C18H24N2O/c19-13-18(15-4-2-1-3-5-15)10-16(11-18)20-12-14-6-8-17(21)9-7-14/h1-5,14,16-17,20-21H,6-12H2. The molecule has 2 aliphatic rings. The molecule has 3 nitrogen and oxygen atoms in total. The summed E-state index contributed by atoms with van der Waals surface area (Å²) in [4.78, 5) is 0. The van der Waals surface area contributed by atoms with E-state index in [0.717, 1.165) is 50.6 Å². The molecule has 0 amide bonds. The first-order chi connectivity index (χ1) is 10.2. The molecule has 0 saturated heterocycles. The number of nitrogens with one attached hydrogen (secondary N) is 1. The molecular formula is C18H24N2O. The maximum absolute atomic E-state index is 9.55. The van der Waals surface area contributed by atoms with Crippen molar-refractivity contribution >= 4 is 0 Å². The molecule has 1 aromatic rings. The van der Waals surface area contributed by atoms with E-state index in [2.05, 4.69) is 23.5 Å². The van der Waals surface area contributed by atoms with Gasteiger partial charge < -0.3 is 10.4 Å². The topological polar surface area (TPSA) is 56.0 Å². The van der Waals surface area contributed by atoms with Crippen molar-refractivity contribution < 1.29 is 5.11 Å². The Morgan fingerprint density at radius 3 is 2.43 bits per heavy atom. The fourth-order valence-electron chi connectivity index (χ4n) is 3.76. The monoisotopic (exact) mass is 284 g/mol. The lowest BCUT2D eigenvalue weighted by Gasteiger charge is -2.44. The van der Waals surface area contributed by atoms with E-state index in [1.807, 2.05) is 18.2 Å². The maximum atomic E-state index is 9.55. The molecule has 0 bridgehead atoms. The minimum atomic E-state index is -0.276. The van der Waals surface area contributed by atoms with Gasteiger partial charge in [0.05, 0.1) is 17.6 Å². The quantitative estimate of drug-likeness (QED) is 0.894. The predicted octanol–water partition coefficient (Wildman–Crippen LogP) is 2.75. The fourth-order valence-corrected chi connectivity index (χ4v) is 3.76. The van der Waals surface area contributed by atoms with E-state index >= 15 is 0 Å². The van der Waals surface area contributed by atoms with Crippen LogP contribution in [0.3, 0.4) is 0 Å². The van der Waals surface area contributed by atoms with E-state index in [4.69, 9.17) is 0 Å². The first-order valence-electron chi connectivity index (χ1n) is 8.10. The fraction of sp³-hybridized carbons (Fsp3) is 0.611. The van der Waals surface area contributed by atoms with Gasteiger partial charge in [-0.1, -0.05) is 30.3 Å². The number of rotatable bonds is 4. The highest BCUT2D eigenvalue weighted by atomic mass is 16.3. The van der Waals surface area contributed by atoms with Crippen LogP contribution in [-0.4, -0.2) is 23.8 Å². The Kier molecular flexibility index (Phi) is 4.28. The number of benzene rings is 1. The maximum Gasteiger partial charge on any atom is 0.0852 e. The van der Waals surface area contributed by atoms with Crippen LogP contribution < -0.4 is 5.32 Å². The summed E-state index contributed by atoms with van der Waals surface area (Å²) in [5.41, 5.74) is 0.883. The van der Waals surface area contributed by atoms with Gasteiger partial charge in [-0.05, 0) is 56.6 Å². The molecule has 2 saturated carbocycles. The highest BCUT2D eigenvalue weighted by Gasteiger charge is 2.45. The van der Waals surface area contributed by atoms with E-state index < -0.39 is 0 Å². The number of nitrogens with zero attached hydrogens (tertiary/aromatic N) is 1. The third kappa shape index (κ3) is 3.12. The lowest BCUT2D eigenvalue weighted by atomic mass is 9.62. The lowest BCUT2D eigenvalue weighted by Crippen LogP contribution is -2.52. The SMILES string of the molecule is N#CC1(c2ccccc2)CC(NCC2CCC(O)CC2)C1. The normalized spacial score (nSPS) is 35.7. The van der Waals surface area contributed by atoms with E-state index in [-0.39, 0.29) is 11.5 Å². The van der Waals surface area contributed by atoms with E-state index in [1.165, 1.54) is 0 Å². The smallest absolute Gasteiger partial charge is 0.0852 e. The zero-order chi connectivity index (χ0) is 14.7. The summed E-state index contributed by atoms with van der Waals surface area (Å²) >= 11 is 0. The average Bonchev–Trinajstić information content (AvgIpc) is 2.49. The van der Waals surface area contributed by atoms with Gasteiger partial charge in [0.1, 0.15) is 0 Å². The van der Waals surface area contributed by atoms with Crippen molar-refractivity contribution in [3.63, 3.8) is 0 Å². The summed E-state index contributed by atoms with van der Waals surface area (Å²) in [6.07, 6.45) is 5.92. The molecule has 3 heteroatoms. The van der Waals surface area contributed by atoms with Gasteiger partial charge in [0.2, 0.25) is 0 Å². The molecule has 3 rings (SSSR count). The Labute approximate surface area is 127 Å². The molecule has 112 valence electrons. The van der Waals surface area contributed by atoms with Crippen molar-refractivity contribution in [1.29, 1.82) is 5.26 Å². The molecule has 0 heterocycles. The average molecular weight is 284 g/mol. The molecule has 0 atom stereocenters. The lowest BCUT2D eigenvalue weighted by molar-refractivity contribution is 0.104. The minimum absolute atomic E-state index is 0.0747. The predicted molar refractivity (Wildman–Crippen MR) is 82.7 cm³/mol. The second-order valence-corrected chi connectivity index (χ2v) is 6.75. The van der Waals surface area contributed by atoms with Crippen LogP contribution in [0.4, 0.5) is 0 Å². The largest absolute Gasteiger partial charge is 0.393 e. The van der Waals surface area contributed by atoms with Crippen LogP contribution in [0.15, 0.2) is 30.3 Å². The van der Waals surface area contributed by atoms with Crippen LogP contribution in [0, 0.1) is 17.2 Å².